The lowest BCUT2D eigenvalue weighted by molar-refractivity contribution is -0.117. The Labute approximate surface area is 145 Å². The van der Waals surface area contributed by atoms with Crippen molar-refractivity contribution in [1.82, 2.24) is 9.78 Å². The fraction of sp³-hybridized carbons (Fsp3) is 0.150. The van der Waals surface area contributed by atoms with Gasteiger partial charge >= 0.3 is 0 Å². The van der Waals surface area contributed by atoms with Crippen LogP contribution < -0.4 is 10.9 Å². The van der Waals surface area contributed by atoms with E-state index in [2.05, 4.69) is 17.3 Å². The standard InChI is InChI=1S/C20H19N3O2/c1-2-15-8-10-17(11-9-15)21-19(24)14-23-20(25)13-12-18(22-23)16-6-4-3-5-7-16/h3-13H,2,14H2,1H3,(H,21,24). The highest BCUT2D eigenvalue weighted by Gasteiger charge is 2.08. The quantitative estimate of drug-likeness (QED) is 0.780. The molecule has 3 rings (SSSR count). The molecule has 0 unspecified atom stereocenters. The highest BCUT2D eigenvalue weighted by molar-refractivity contribution is 5.90. The number of aromatic nitrogens is 2. The van der Waals surface area contributed by atoms with Crippen molar-refractivity contribution in [1.29, 1.82) is 0 Å². The third-order valence-corrected chi connectivity index (χ3v) is 3.88. The minimum Gasteiger partial charge on any atom is -0.324 e. The van der Waals surface area contributed by atoms with Gasteiger partial charge in [-0.15, -0.1) is 0 Å². The largest absolute Gasteiger partial charge is 0.324 e. The van der Waals surface area contributed by atoms with Crippen LogP contribution in [-0.4, -0.2) is 15.7 Å². The Morgan fingerprint density at radius 3 is 2.40 bits per heavy atom. The number of carbonyl (C=O) groups excluding carboxylic acids is 1. The number of hydrogen-bond donors (Lipinski definition) is 1. The lowest BCUT2D eigenvalue weighted by Gasteiger charge is -2.09. The van der Waals surface area contributed by atoms with E-state index in [4.69, 9.17) is 0 Å². The molecule has 1 N–H and O–H groups in total. The van der Waals surface area contributed by atoms with Gasteiger partial charge in [0.1, 0.15) is 6.54 Å². The van der Waals surface area contributed by atoms with Crippen molar-refractivity contribution in [2.45, 2.75) is 19.9 Å². The molecule has 0 saturated carbocycles. The molecule has 1 amide bonds. The van der Waals surface area contributed by atoms with Crippen molar-refractivity contribution < 1.29 is 4.79 Å². The molecule has 3 aromatic rings. The first-order chi connectivity index (χ1) is 12.2. The molecule has 0 fully saturated rings. The third kappa shape index (κ3) is 4.20. The number of nitrogens with zero attached hydrogens (tertiary/aromatic N) is 2. The summed E-state index contributed by atoms with van der Waals surface area (Å²) in [7, 11) is 0. The Morgan fingerprint density at radius 1 is 1.00 bits per heavy atom. The Morgan fingerprint density at radius 2 is 1.72 bits per heavy atom. The number of amides is 1. The Bertz CT molecular complexity index is 916. The molecule has 0 aliphatic heterocycles. The molecule has 0 bridgehead atoms. The van der Waals surface area contributed by atoms with Gasteiger partial charge in [0.25, 0.3) is 5.56 Å². The normalized spacial score (nSPS) is 10.4. The van der Waals surface area contributed by atoms with E-state index in [1.807, 2.05) is 54.6 Å². The lowest BCUT2D eigenvalue weighted by Crippen LogP contribution is -2.29. The first kappa shape index (κ1) is 16.6. The number of anilines is 1. The predicted octanol–water partition coefficient (Wildman–Crippen LogP) is 3.11. The van der Waals surface area contributed by atoms with Crippen LogP contribution in [-0.2, 0) is 17.8 Å². The Hall–Kier alpha value is -3.21. The Kier molecular flexibility index (Phi) is 5.04. The lowest BCUT2D eigenvalue weighted by atomic mass is 10.1. The van der Waals surface area contributed by atoms with Crippen molar-refractivity contribution in [2.75, 3.05) is 5.32 Å². The molecule has 5 nitrogen and oxygen atoms in total. The van der Waals surface area contributed by atoms with E-state index < -0.39 is 0 Å². The van der Waals surface area contributed by atoms with Crippen LogP contribution in [0.1, 0.15) is 12.5 Å². The maximum absolute atomic E-state index is 12.2. The zero-order valence-corrected chi connectivity index (χ0v) is 14.0. The van der Waals surface area contributed by atoms with E-state index in [1.165, 1.54) is 16.3 Å². The van der Waals surface area contributed by atoms with Gasteiger partial charge in [-0.05, 0) is 30.2 Å². The molecule has 0 saturated heterocycles. The molecule has 0 atom stereocenters. The van der Waals surface area contributed by atoms with Gasteiger partial charge in [0, 0.05) is 17.3 Å². The second-order valence-corrected chi connectivity index (χ2v) is 5.68. The van der Waals surface area contributed by atoms with E-state index in [9.17, 15) is 9.59 Å². The number of carbonyl (C=O) groups is 1. The summed E-state index contributed by atoms with van der Waals surface area (Å²) in [4.78, 5) is 24.2. The number of nitrogens with one attached hydrogen (secondary N) is 1. The fourth-order valence-electron chi connectivity index (χ4n) is 2.49. The van der Waals surface area contributed by atoms with Gasteiger partial charge in [0.2, 0.25) is 5.91 Å². The molecule has 1 heterocycles. The predicted molar refractivity (Wildman–Crippen MR) is 98.4 cm³/mol. The summed E-state index contributed by atoms with van der Waals surface area (Å²) >= 11 is 0. The summed E-state index contributed by atoms with van der Waals surface area (Å²) in [6, 6.07) is 20.3. The van der Waals surface area contributed by atoms with Crippen molar-refractivity contribution in [3.63, 3.8) is 0 Å². The first-order valence-electron chi connectivity index (χ1n) is 8.18. The summed E-state index contributed by atoms with van der Waals surface area (Å²) < 4.78 is 1.18. The van der Waals surface area contributed by atoms with Crippen molar-refractivity contribution in [3.8, 4) is 11.3 Å². The van der Waals surface area contributed by atoms with Gasteiger partial charge in [0.05, 0.1) is 5.69 Å². The summed E-state index contributed by atoms with van der Waals surface area (Å²) in [5.41, 5.74) is 3.14. The van der Waals surface area contributed by atoms with Crippen molar-refractivity contribution in [3.05, 3.63) is 82.6 Å². The smallest absolute Gasteiger partial charge is 0.267 e. The van der Waals surface area contributed by atoms with E-state index in [0.29, 0.717) is 11.4 Å². The molecule has 25 heavy (non-hydrogen) atoms. The second-order valence-electron chi connectivity index (χ2n) is 5.68. The molecule has 0 aliphatic rings. The molecule has 1 aromatic heterocycles. The first-order valence-corrected chi connectivity index (χ1v) is 8.18. The maximum Gasteiger partial charge on any atom is 0.267 e. The maximum atomic E-state index is 12.2. The topological polar surface area (TPSA) is 64.0 Å². The minimum absolute atomic E-state index is 0.130. The molecule has 0 aliphatic carbocycles. The van der Waals surface area contributed by atoms with Gasteiger partial charge < -0.3 is 5.32 Å². The van der Waals surface area contributed by atoms with Gasteiger partial charge in [-0.3, -0.25) is 9.59 Å². The molecular weight excluding hydrogens is 314 g/mol. The van der Waals surface area contributed by atoms with Crippen LogP contribution in [0.25, 0.3) is 11.3 Å². The SMILES string of the molecule is CCc1ccc(NC(=O)Cn2nc(-c3ccccc3)ccc2=O)cc1. The highest BCUT2D eigenvalue weighted by atomic mass is 16.2. The van der Waals surface area contributed by atoms with Gasteiger partial charge in [-0.25, -0.2) is 4.68 Å². The fourth-order valence-corrected chi connectivity index (χ4v) is 2.49. The van der Waals surface area contributed by atoms with E-state index in [1.54, 1.807) is 6.07 Å². The zero-order chi connectivity index (χ0) is 17.6. The Balaban J connectivity index is 1.75. The average Bonchev–Trinajstić information content (AvgIpc) is 2.65. The van der Waals surface area contributed by atoms with Crippen molar-refractivity contribution in [2.24, 2.45) is 0 Å². The van der Waals surface area contributed by atoms with E-state index in [-0.39, 0.29) is 18.0 Å². The monoisotopic (exact) mass is 333 g/mol. The van der Waals surface area contributed by atoms with Crippen LogP contribution in [0.3, 0.4) is 0 Å². The molecule has 2 aromatic carbocycles. The number of benzene rings is 2. The molecular formula is C20H19N3O2. The summed E-state index contributed by atoms with van der Waals surface area (Å²) in [6.45, 7) is 1.94. The third-order valence-electron chi connectivity index (χ3n) is 3.88. The summed E-state index contributed by atoms with van der Waals surface area (Å²) in [6.07, 6.45) is 0.944. The number of hydrogen-bond acceptors (Lipinski definition) is 3. The summed E-state index contributed by atoms with van der Waals surface area (Å²) in [5.74, 6) is -0.288. The van der Waals surface area contributed by atoms with E-state index >= 15 is 0 Å². The van der Waals surface area contributed by atoms with Crippen LogP contribution in [0.5, 0.6) is 0 Å². The van der Waals surface area contributed by atoms with E-state index in [0.717, 1.165) is 12.0 Å². The van der Waals surface area contributed by atoms with Crippen LogP contribution in [0, 0.1) is 0 Å². The average molecular weight is 333 g/mol. The highest BCUT2D eigenvalue weighted by Crippen LogP contribution is 2.14. The molecule has 0 radical (unpaired) electrons. The second kappa shape index (κ2) is 7.57. The summed E-state index contributed by atoms with van der Waals surface area (Å²) in [5, 5.41) is 7.08. The van der Waals surface area contributed by atoms with Gasteiger partial charge in [-0.1, -0.05) is 49.4 Å². The molecule has 0 spiro atoms. The van der Waals surface area contributed by atoms with Gasteiger partial charge in [-0.2, -0.15) is 5.10 Å². The molecule has 5 heteroatoms. The van der Waals surface area contributed by atoms with Crippen LogP contribution in [0.4, 0.5) is 5.69 Å². The van der Waals surface area contributed by atoms with Crippen molar-refractivity contribution >= 4 is 11.6 Å². The molecule has 126 valence electrons. The van der Waals surface area contributed by atoms with Crippen LogP contribution in [0.15, 0.2) is 71.5 Å². The van der Waals surface area contributed by atoms with Crippen LogP contribution >= 0.6 is 0 Å². The van der Waals surface area contributed by atoms with Crippen LogP contribution in [0.2, 0.25) is 0 Å². The minimum atomic E-state index is -0.309. The van der Waals surface area contributed by atoms with Gasteiger partial charge in [0.15, 0.2) is 0 Å². The zero-order valence-electron chi connectivity index (χ0n) is 14.0. The number of aryl methyl sites for hydroxylation is 1. The number of rotatable bonds is 5.